The number of methoxy groups -OCH3 is 1. The van der Waals surface area contributed by atoms with Crippen molar-refractivity contribution in [2.75, 3.05) is 7.11 Å². The Morgan fingerprint density at radius 1 is 1.33 bits per heavy atom. The lowest BCUT2D eigenvalue weighted by Gasteiger charge is -2.33. The molecule has 102 valence electrons. The van der Waals surface area contributed by atoms with Gasteiger partial charge in [-0.25, -0.2) is 4.79 Å². The van der Waals surface area contributed by atoms with Gasteiger partial charge in [0.2, 0.25) is 0 Å². The van der Waals surface area contributed by atoms with E-state index >= 15 is 0 Å². The average molecular weight is 253 g/mol. The summed E-state index contributed by atoms with van der Waals surface area (Å²) in [6.45, 7) is 6.86. The van der Waals surface area contributed by atoms with Gasteiger partial charge in [0.1, 0.15) is 6.26 Å². The summed E-state index contributed by atoms with van der Waals surface area (Å²) < 4.78 is 4.44. The highest BCUT2D eigenvalue weighted by atomic mass is 16.6. The molecule has 0 saturated heterocycles. The molecule has 0 amide bonds. The van der Waals surface area contributed by atoms with Crippen molar-refractivity contribution < 1.29 is 14.4 Å². The van der Waals surface area contributed by atoms with Gasteiger partial charge in [-0.2, -0.15) is 0 Å². The van der Waals surface area contributed by atoms with Crippen LogP contribution in [0.1, 0.15) is 46.5 Å². The van der Waals surface area contributed by atoms with Crippen LogP contribution in [0.4, 0.5) is 0 Å². The first-order valence-corrected chi connectivity index (χ1v) is 6.39. The standard InChI is InChI=1S/C14H23NO3/c1-14(2,3)11-5-7-12(8-6-11)15-18-10-9-13(16)17-4/h9-11H,5-8H2,1-4H3/b10-9+,15-12?. The summed E-state index contributed by atoms with van der Waals surface area (Å²) in [7, 11) is 1.33. The molecule has 0 aromatic rings. The monoisotopic (exact) mass is 253 g/mol. The van der Waals surface area contributed by atoms with Crippen molar-refractivity contribution >= 4 is 11.7 Å². The molecule has 4 nitrogen and oxygen atoms in total. The predicted octanol–water partition coefficient (Wildman–Crippen LogP) is 3.28. The molecule has 0 aromatic heterocycles. The molecule has 1 aliphatic carbocycles. The number of nitrogens with zero attached hydrogens (tertiary/aromatic N) is 1. The zero-order valence-corrected chi connectivity index (χ0v) is 11.7. The Morgan fingerprint density at radius 3 is 2.44 bits per heavy atom. The number of ether oxygens (including phenoxy) is 1. The van der Waals surface area contributed by atoms with E-state index in [1.165, 1.54) is 19.4 Å². The maximum atomic E-state index is 10.8. The molecule has 0 radical (unpaired) electrons. The van der Waals surface area contributed by atoms with Crippen LogP contribution in [0, 0.1) is 11.3 Å². The van der Waals surface area contributed by atoms with Crippen LogP contribution < -0.4 is 0 Å². The third kappa shape index (κ3) is 4.90. The van der Waals surface area contributed by atoms with Crippen LogP contribution in [0.25, 0.3) is 0 Å². The molecule has 0 bridgehead atoms. The Kier molecular flexibility index (Phi) is 5.38. The van der Waals surface area contributed by atoms with E-state index in [1.54, 1.807) is 0 Å². The van der Waals surface area contributed by atoms with Crippen molar-refractivity contribution in [2.24, 2.45) is 16.5 Å². The van der Waals surface area contributed by atoms with Gasteiger partial charge in [0.05, 0.1) is 18.9 Å². The Hall–Kier alpha value is -1.32. The van der Waals surface area contributed by atoms with Crippen LogP contribution >= 0.6 is 0 Å². The fourth-order valence-electron chi connectivity index (χ4n) is 2.17. The number of hydrogen-bond donors (Lipinski definition) is 0. The van der Waals surface area contributed by atoms with Gasteiger partial charge < -0.3 is 9.57 Å². The molecule has 0 atom stereocenters. The minimum atomic E-state index is -0.438. The number of rotatable bonds is 3. The van der Waals surface area contributed by atoms with Crippen molar-refractivity contribution in [1.29, 1.82) is 0 Å². The number of oxime groups is 1. The van der Waals surface area contributed by atoms with Crippen molar-refractivity contribution in [2.45, 2.75) is 46.5 Å². The van der Waals surface area contributed by atoms with E-state index in [9.17, 15) is 4.79 Å². The second-order valence-corrected chi connectivity index (χ2v) is 5.73. The van der Waals surface area contributed by atoms with Crippen LogP contribution in [0.5, 0.6) is 0 Å². The highest BCUT2D eigenvalue weighted by molar-refractivity contribution is 5.84. The van der Waals surface area contributed by atoms with Gasteiger partial charge in [0, 0.05) is 0 Å². The largest absolute Gasteiger partial charge is 0.466 e. The summed E-state index contributed by atoms with van der Waals surface area (Å²) in [5, 5.41) is 4.03. The molecule has 0 heterocycles. The average Bonchev–Trinajstić information content (AvgIpc) is 2.33. The zero-order chi connectivity index (χ0) is 13.6. The van der Waals surface area contributed by atoms with E-state index in [2.05, 4.69) is 30.7 Å². The first-order valence-electron chi connectivity index (χ1n) is 6.39. The SMILES string of the molecule is COC(=O)/C=C/ON=C1CCC(C(C)(C)C)CC1. The second-order valence-electron chi connectivity index (χ2n) is 5.73. The van der Waals surface area contributed by atoms with Gasteiger partial charge in [-0.15, -0.1) is 0 Å². The van der Waals surface area contributed by atoms with E-state index in [-0.39, 0.29) is 0 Å². The summed E-state index contributed by atoms with van der Waals surface area (Å²) in [5.41, 5.74) is 1.45. The smallest absolute Gasteiger partial charge is 0.333 e. The molecule has 1 rings (SSSR count). The number of hydrogen-bond acceptors (Lipinski definition) is 4. The molecule has 0 unspecified atom stereocenters. The molecule has 0 aliphatic heterocycles. The van der Waals surface area contributed by atoms with Crippen LogP contribution in [0.2, 0.25) is 0 Å². The molecule has 1 fully saturated rings. The lowest BCUT2D eigenvalue weighted by Crippen LogP contribution is -2.25. The van der Waals surface area contributed by atoms with Gasteiger partial charge in [0.25, 0.3) is 0 Å². The van der Waals surface area contributed by atoms with E-state index in [4.69, 9.17) is 4.84 Å². The Bertz CT molecular complexity index is 329. The van der Waals surface area contributed by atoms with E-state index in [0.29, 0.717) is 5.41 Å². The maximum Gasteiger partial charge on any atom is 0.333 e. The first-order chi connectivity index (χ1) is 8.43. The third-order valence-electron chi connectivity index (χ3n) is 3.44. The predicted molar refractivity (Wildman–Crippen MR) is 71.1 cm³/mol. The van der Waals surface area contributed by atoms with Crippen molar-refractivity contribution in [3.63, 3.8) is 0 Å². The van der Waals surface area contributed by atoms with E-state index in [0.717, 1.165) is 37.3 Å². The minimum absolute atomic E-state index is 0.372. The summed E-state index contributed by atoms with van der Waals surface area (Å²) in [6, 6.07) is 0. The number of carbonyl (C=O) groups is 1. The quantitative estimate of drug-likeness (QED) is 0.335. The minimum Gasteiger partial charge on any atom is -0.466 e. The van der Waals surface area contributed by atoms with Crippen LogP contribution in [-0.4, -0.2) is 18.8 Å². The molecule has 0 N–H and O–H groups in total. The summed E-state index contributed by atoms with van der Waals surface area (Å²) >= 11 is 0. The second kappa shape index (κ2) is 6.57. The van der Waals surface area contributed by atoms with Crippen LogP contribution in [-0.2, 0) is 14.4 Å². The lowest BCUT2D eigenvalue weighted by atomic mass is 9.72. The molecule has 0 aromatic carbocycles. The highest BCUT2D eigenvalue weighted by Gasteiger charge is 2.28. The maximum absolute atomic E-state index is 10.8. The van der Waals surface area contributed by atoms with Crippen molar-refractivity contribution in [1.82, 2.24) is 0 Å². The van der Waals surface area contributed by atoms with Gasteiger partial charge in [0.15, 0.2) is 0 Å². The van der Waals surface area contributed by atoms with E-state index < -0.39 is 5.97 Å². The molecule has 1 saturated carbocycles. The normalized spacial score (nSPS) is 20.9. The van der Waals surface area contributed by atoms with Gasteiger partial charge in [-0.1, -0.05) is 25.9 Å². The van der Waals surface area contributed by atoms with Gasteiger partial charge in [-0.3, -0.25) is 0 Å². The number of carbonyl (C=O) groups excluding carboxylic acids is 1. The van der Waals surface area contributed by atoms with Gasteiger partial charge in [-0.05, 0) is 37.0 Å². The topological polar surface area (TPSA) is 47.9 Å². The third-order valence-corrected chi connectivity index (χ3v) is 3.44. The van der Waals surface area contributed by atoms with Crippen molar-refractivity contribution in [3.05, 3.63) is 12.3 Å². The molecule has 4 heteroatoms. The Morgan fingerprint density at radius 2 is 1.94 bits per heavy atom. The van der Waals surface area contributed by atoms with Crippen molar-refractivity contribution in [3.8, 4) is 0 Å². The van der Waals surface area contributed by atoms with Gasteiger partial charge >= 0.3 is 5.97 Å². The van der Waals surface area contributed by atoms with Crippen LogP contribution in [0.15, 0.2) is 17.5 Å². The van der Waals surface area contributed by atoms with Crippen LogP contribution in [0.3, 0.4) is 0 Å². The summed E-state index contributed by atoms with van der Waals surface area (Å²) in [5.74, 6) is 0.314. The Labute approximate surface area is 109 Å². The summed E-state index contributed by atoms with van der Waals surface area (Å²) in [6.07, 6.45) is 6.75. The molecule has 1 aliphatic rings. The fourth-order valence-corrected chi connectivity index (χ4v) is 2.17. The first kappa shape index (κ1) is 14.7. The van der Waals surface area contributed by atoms with E-state index in [1.807, 2.05) is 0 Å². The summed E-state index contributed by atoms with van der Waals surface area (Å²) in [4.78, 5) is 15.8. The molecular formula is C14H23NO3. The molecule has 18 heavy (non-hydrogen) atoms. The molecule has 0 spiro atoms. The molecular weight excluding hydrogens is 230 g/mol. The lowest BCUT2D eigenvalue weighted by molar-refractivity contribution is -0.135. The highest BCUT2D eigenvalue weighted by Crippen LogP contribution is 2.36. The zero-order valence-electron chi connectivity index (χ0n) is 11.7. The fraction of sp³-hybridized carbons (Fsp3) is 0.714. The number of esters is 1. The Balaban J connectivity index is 2.35.